The van der Waals surface area contributed by atoms with Gasteiger partial charge >= 0.3 is 0 Å². The molecule has 3 aromatic heterocycles. The van der Waals surface area contributed by atoms with E-state index in [1.807, 2.05) is 30.5 Å². The van der Waals surface area contributed by atoms with E-state index in [-0.39, 0.29) is 64.8 Å². The van der Waals surface area contributed by atoms with Crippen molar-refractivity contribution in [3.63, 3.8) is 0 Å². The van der Waals surface area contributed by atoms with E-state index in [4.69, 9.17) is 17.9 Å². The second kappa shape index (κ2) is 21.0. The minimum atomic E-state index is -2.67. The van der Waals surface area contributed by atoms with Crippen molar-refractivity contribution < 1.29 is 38.6 Å². The van der Waals surface area contributed by atoms with Gasteiger partial charge in [-0.25, -0.2) is 4.98 Å². The zero-order chi connectivity index (χ0) is 65.9. The summed E-state index contributed by atoms with van der Waals surface area (Å²) in [6.07, 6.45) is 7.87. The zero-order valence-electron chi connectivity index (χ0n) is 58.7. The maximum Gasteiger partial charge on any atom is 0.268 e. The van der Waals surface area contributed by atoms with Gasteiger partial charge in [-0.1, -0.05) is 199 Å². The van der Waals surface area contributed by atoms with Crippen LogP contribution in [0.1, 0.15) is 150 Å². The Bertz CT molecular complexity index is 4990. The number of pyridine rings is 1. The Hall–Kier alpha value is -8.11. The van der Waals surface area contributed by atoms with Crippen molar-refractivity contribution in [1.82, 2.24) is 14.1 Å². The van der Waals surface area contributed by atoms with Crippen molar-refractivity contribution >= 4 is 32.8 Å². The third-order valence-electron chi connectivity index (χ3n) is 18.7. The van der Waals surface area contributed by atoms with Crippen LogP contribution in [0, 0.1) is 32.2 Å². The van der Waals surface area contributed by atoms with Gasteiger partial charge in [-0.05, 0) is 196 Å². The summed E-state index contributed by atoms with van der Waals surface area (Å²) in [5, 5.41) is 2.12. The normalized spacial score (nSPS) is 15.6. The Morgan fingerprint density at radius 3 is 1.76 bits per heavy atom. The molecule has 0 spiro atoms. The summed E-state index contributed by atoms with van der Waals surface area (Å²) >= 11 is 0. The molecule has 0 unspecified atom stereocenters. The fourth-order valence-electron chi connectivity index (χ4n) is 13.6. The number of hydrogen-bond donors (Lipinski definition) is 0. The number of nitrogens with zero attached hydrogens (tertiary/aromatic N) is 4. The molecular formula is C82H78N4OPt-2. The number of aromatic nitrogens is 4. The van der Waals surface area contributed by atoms with Gasteiger partial charge in [-0.2, -0.15) is 18.2 Å². The van der Waals surface area contributed by atoms with E-state index in [1.54, 1.807) is 18.2 Å². The Kier molecular flexibility index (Phi) is 12.4. The van der Waals surface area contributed by atoms with Crippen molar-refractivity contribution in [2.24, 2.45) is 0 Å². The van der Waals surface area contributed by atoms with Gasteiger partial charge in [0.05, 0.1) is 16.7 Å². The van der Waals surface area contributed by atoms with E-state index in [0.717, 1.165) is 113 Å². The number of imidazole rings is 1. The predicted molar refractivity (Wildman–Crippen MR) is 362 cm³/mol. The fourth-order valence-corrected chi connectivity index (χ4v) is 13.6. The standard InChI is InChI=1S/C82H78N4O.Pt/c1-50-23-20-24-51(2)75(50)53-41-65(52-39-55(79(6,7)8)43-56(40-52)80(9,10)11)76-68(42-53)67-48-70-69(81(12,13)36-37-82(70,14)15)47-66(67)61-28-17-16-27-60(61)64-30-22-32-72-77(64)85(76)49-84(72)57-25-21-26-58(45-57)87-59-33-34-63-62-29-18-19-31-71(62)86(73(63)46-59)74-44-54(35-38-83-74)78(3,4)5;/h16-35,38-44,47-48H,36-37H2,1-15H3;/q-2;/i1D3,2D3;. The molecule has 0 saturated carbocycles. The third kappa shape index (κ3) is 9.88. The molecule has 0 N–H and O–H groups in total. The monoisotopic (exact) mass is 1340 g/mol. The first kappa shape index (κ1) is 51.9. The van der Waals surface area contributed by atoms with Crippen LogP contribution in [0.25, 0.3) is 106 Å². The summed E-state index contributed by atoms with van der Waals surface area (Å²) in [5.74, 6) is 1.79. The second-order valence-corrected chi connectivity index (χ2v) is 28.7. The summed E-state index contributed by atoms with van der Waals surface area (Å²) < 4.78 is 67.9. The van der Waals surface area contributed by atoms with E-state index in [2.05, 4.69) is 250 Å². The van der Waals surface area contributed by atoms with Gasteiger partial charge in [0.15, 0.2) is 0 Å². The van der Waals surface area contributed by atoms with Gasteiger partial charge in [-0.15, -0.1) is 29.7 Å². The van der Waals surface area contributed by atoms with Crippen LogP contribution >= 0.6 is 0 Å². The van der Waals surface area contributed by atoms with Gasteiger partial charge in [0.1, 0.15) is 5.82 Å². The second-order valence-electron chi connectivity index (χ2n) is 28.7. The molecule has 2 aliphatic rings. The minimum Gasteiger partial charge on any atom is -0.510 e. The molecule has 0 saturated heterocycles. The maximum atomic E-state index is 9.10. The molecule has 444 valence electrons. The molecule has 14 rings (SSSR count). The van der Waals surface area contributed by atoms with Crippen molar-refractivity contribution in [1.29, 1.82) is 0 Å². The van der Waals surface area contributed by atoms with Crippen LogP contribution in [-0.4, -0.2) is 14.1 Å². The maximum absolute atomic E-state index is 9.10. The first-order valence-electron chi connectivity index (χ1n) is 33.6. The number of para-hydroxylation sites is 2. The molecule has 0 bridgehead atoms. The molecule has 5 nitrogen and oxygen atoms in total. The van der Waals surface area contributed by atoms with E-state index in [1.165, 1.54) is 16.7 Å². The topological polar surface area (TPSA) is 35.9 Å². The molecule has 0 radical (unpaired) electrons. The van der Waals surface area contributed by atoms with Gasteiger partial charge in [-0.3, -0.25) is 4.57 Å². The van der Waals surface area contributed by atoms with Crippen LogP contribution in [0.5, 0.6) is 11.5 Å². The number of fused-ring (bicyclic) bond motifs is 11. The molecule has 9 aromatic carbocycles. The number of benzene rings is 9. The summed E-state index contributed by atoms with van der Waals surface area (Å²) in [5.41, 5.74) is 18.1. The van der Waals surface area contributed by atoms with E-state index in [0.29, 0.717) is 22.7 Å². The molecule has 1 aliphatic carbocycles. The van der Waals surface area contributed by atoms with Crippen LogP contribution in [0.3, 0.4) is 0 Å². The molecule has 6 heteroatoms. The van der Waals surface area contributed by atoms with E-state index >= 15 is 0 Å². The average Bonchev–Trinajstić information content (AvgIpc) is 1.43. The van der Waals surface area contributed by atoms with Crippen LogP contribution in [0.4, 0.5) is 0 Å². The predicted octanol–water partition coefficient (Wildman–Crippen LogP) is 21.1. The first-order chi connectivity index (χ1) is 43.7. The summed E-state index contributed by atoms with van der Waals surface area (Å²) in [6.45, 7) is 24.1. The molecule has 0 fully saturated rings. The van der Waals surface area contributed by atoms with Gasteiger partial charge in [0.2, 0.25) is 0 Å². The Morgan fingerprint density at radius 2 is 1.09 bits per heavy atom. The summed E-state index contributed by atoms with van der Waals surface area (Å²) in [6, 6.07) is 65.6. The summed E-state index contributed by atoms with van der Waals surface area (Å²) in [4.78, 5) is 4.92. The third-order valence-corrected chi connectivity index (χ3v) is 18.7. The van der Waals surface area contributed by atoms with E-state index < -0.39 is 13.7 Å². The Labute approximate surface area is 543 Å². The number of ether oxygens (including phenoxy) is 1. The smallest absolute Gasteiger partial charge is 0.268 e. The van der Waals surface area contributed by atoms with Crippen molar-refractivity contribution in [3.05, 3.63) is 233 Å². The quantitative estimate of drug-likeness (QED) is 0.123. The van der Waals surface area contributed by atoms with Crippen LogP contribution in [0.2, 0.25) is 0 Å². The Morgan fingerprint density at radius 1 is 0.511 bits per heavy atom. The van der Waals surface area contributed by atoms with Crippen LogP contribution in [-0.2, 0) is 48.1 Å². The molecule has 1 aliphatic heterocycles. The van der Waals surface area contributed by atoms with Crippen LogP contribution < -0.4 is 9.30 Å². The fraction of sp³-hybridized carbons (Fsp3) is 0.268. The average molecular weight is 1340 g/mol. The zero-order valence-corrected chi connectivity index (χ0v) is 54.9. The summed E-state index contributed by atoms with van der Waals surface area (Å²) in [7, 11) is 0. The van der Waals surface area contributed by atoms with Gasteiger partial charge < -0.3 is 13.9 Å². The number of aryl methyl sites for hydroxylation is 2. The molecule has 12 aromatic rings. The van der Waals surface area contributed by atoms with Gasteiger partial charge in [0, 0.05) is 52.5 Å². The first-order valence-corrected chi connectivity index (χ1v) is 30.6. The van der Waals surface area contributed by atoms with Crippen molar-refractivity contribution in [2.45, 2.75) is 144 Å². The van der Waals surface area contributed by atoms with Crippen LogP contribution in [0.15, 0.2) is 176 Å². The number of hydrogen-bond acceptors (Lipinski definition) is 2. The molecule has 4 heterocycles. The SMILES string of the molecule is [2H]C([2H])([2H])c1cccc(C([2H])([2H])[2H])c1-c1cc(-c2cc(C(C)(C)C)cc(C(C)(C)C)c2)c2c(c1)-c1cc3c(cc1-c1ccccc1-c1cccc4c1[n+]-2[c-]n4-c1[c-]c(Oc2[c-]c4c(cc2)c2ccccc2n4-c2cc(C(C)(C)C)ccn2)ccc1)C(C)(C)CCC3(C)C.[Pt]. The largest absolute Gasteiger partial charge is 0.510 e. The van der Waals surface area contributed by atoms with Crippen molar-refractivity contribution in [2.75, 3.05) is 0 Å². The molecule has 0 amide bonds. The molecule has 88 heavy (non-hydrogen) atoms. The number of rotatable bonds is 6. The van der Waals surface area contributed by atoms with Gasteiger partial charge in [0.25, 0.3) is 6.33 Å². The van der Waals surface area contributed by atoms with Crippen molar-refractivity contribution in [3.8, 4) is 84.3 Å². The molecule has 0 atom stereocenters. The molecular weight excluding hydrogens is 1250 g/mol. The minimum absolute atomic E-state index is 0. The Balaban J connectivity index is 0.00000803. The van der Waals surface area contributed by atoms with E-state index in [9.17, 15) is 0 Å².